The fourth-order valence-corrected chi connectivity index (χ4v) is 3.25. The van der Waals surface area contributed by atoms with E-state index in [-0.39, 0.29) is 5.91 Å². The Morgan fingerprint density at radius 2 is 1.87 bits per heavy atom. The number of rotatable bonds is 7. The third-order valence-electron chi connectivity index (χ3n) is 4.74. The van der Waals surface area contributed by atoms with Crippen LogP contribution in [0.25, 0.3) is 0 Å². The van der Waals surface area contributed by atoms with Crippen molar-refractivity contribution < 1.29 is 14.3 Å². The summed E-state index contributed by atoms with van der Waals surface area (Å²) in [5.41, 5.74) is 3.36. The fourth-order valence-electron chi connectivity index (χ4n) is 3.25. The summed E-state index contributed by atoms with van der Waals surface area (Å²) in [7, 11) is 1.35. The van der Waals surface area contributed by atoms with E-state index in [9.17, 15) is 9.59 Å². The number of esters is 1. The standard InChI is InChI=1S/C23H21N5O3/c1-31-23(30)21-9-3-2-7-19(21)15-28-16-20(13-25-28)26-22(29)18-8-4-6-17(12-18)14-27-11-5-10-24-27/h2-13,16H,14-15H2,1H3,(H,26,29). The summed E-state index contributed by atoms with van der Waals surface area (Å²) in [5, 5.41) is 11.3. The van der Waals surface area contributed by atoms with Gasteiger partial charge in [0.25, 0.3) is 5.91 Å². The number of hydrogen-bond acceptors (Lipinski definition) is 5. The van der Waals surface area contributed by atoms with Crippen LogP contribution in [0.15, 0.2) is 79.4 Å². The van der Waals surface area contributed by atoms with E-state index in [0.29, 0.717) is 29.9 Å². The van der Waals surface area contributed by atoms with Crippen LogP contribution in [-0.4, -0.2) is 38.5 Å². The summed E-state index contributed by atoms with van der Waals surface area (Å²) in [5.74, 6) is -0.622. The maximum atomic E-state index is 12.7. The van der Waals surface area contributed by atoms with Gasteiger partial charge in [-0.05, 0) is 35.4 Å². The second-order valence-corrected chi connectivity index (χ2v) is 6.93. The van der Waals surface area contributed by atoms with Gasteiger partial charge in [0, 0.05) is 24.2 Å². The monoisotopic (exact) mass is 415 g/mol. The van der Waals surface area contributed by atoms with Crippen molar-refractivity contribution in [3.8, 4) is 0 Å². The normalized spacial score (nSPS) is 10.6. The van der Waals surface area contributed by atoms with Crippen LogP contribution in [0.5, 0.6) is 0 Å². The summed E-state index contributed by atoms with van der Waals surface area (Å²) in [4.78, 5) is 24.6. The van der Waals surface area contributed by atoms with Gasteiger partial charge in [-0.1, -0.05) is 30.3 Å². The molecule has 0 atom stereocenters. The maximum absolute atomic E-state index is 12.7. The minimum absolute atomic E-state index is 0.225. The van der Waals surface area contributed by atoms with Gasteiger partial charge in [0.2, 0.25) is 0 Å². The Labute approximate surface area is 179 Å². The van der Waals surface area contributed by atoms with Crippen molar-refractivity contribution >= 4 is 17.6 Å². The number of nitrogens with zero attached hydrogens (tertiary/aromatic N) is 4. The SMILES string of the molecule is COC(=O)c1ccccc1Cn1cc(NC(=O)c2cccc(Cn3cccn3)c2)cn1. The van der Waals surface area contributed by atoms with Crippen LogP contribution in [0.2, 0.25) is 0 Å². The van der Waals surface area contributed by atoms with Crippen molar-refractivity contribution in [2.45, 2.75) is 13.1 Å². The molecule has 0 aliphatic heterocycles. The highest BCUT2D eigenvalue weighted by Gasteiger charge is 2.13. The Bertz CT molecular complexity index is 1200. The van der Waals surface area contributed by atoms with E-state index in [1.807, 2.05) is 42.6 Å². The molecule has 156 valence electrons. The molecule has 4 aromatic rings. The number of benzene rings is 2. The molecular weight excluding hydrogens is 394 g/mol. The molecule has 8 nitrogen and oxygen atoms in total. The zero-order chi connectivity index (χ0) is 21.6. The highest BCUT2D eigenvalue weighted by atomic mass is 16.5. The lowest BCUT2D eigenvalue weighted by Gasteiger charge is -2.08. The number of ether oxygens (including phenoxy) is 1. The molecule has 2 aromatic heterocycles. The maximum Gasteiger partial charge on any atom is 0.338 e. The molecule has 1 amide bonds. The van der Waals surface area contributed by atoms with Crippen LogP contribution in [-0.2, 0) is 17.8 Å². The highest BCUT2D eigenvalue weighted by molar-refractivity contribution is 6.04. The molecule has 0 bridgehead atoms. The molecule has 2 heterocycles. The first-order valence-electron chi connectivity index (χ1n) is 9.69. The Kier molecular flexibility index (Phi) is 5.89. The van der Waals surface area contributed by atoms with Crippen LogP contribution >= 0.6 is 0 Å². The molecule has 4 rings (SSSR count). The average Bonchev–Trinajstić information content (AvgIpc) is 3.46. The lowest BCUT2D eigenvalue weighted by atomic mass is 10.1. The van der Waals surface area contributed by atoms with E-state index >= 15 is 0 Å². The largest absolute Gasteiger partial charge is 0.465 e. The average molecular weight is 415 g/mol. The van der Waals surface area contributed by atoms with Crippen LogP contribution in [0.1, 0.15) is 31.8 Å². The first-order valence-corrected chi connectivity index (χ1v) is 9.69. The van der Waals surface area contributed by atoms with Gasteiger partial charge in [0.15, 0.2) is 0 Å². The minimum atomic E-state index is -0.397. The number of carbonyl (C=O) groups excluding carboxylic acids is 2. The van der Waals surface area contributed by atoms with Crippen LogP contribution < -0.4 is 5.32 Å². The third kappa shape index (κ3) is 4.87. The molecule has 8 heteroatoms. The highest BCUT2D eigenvalue weighted by Crippen LogP contribution is 2.15. The lowest BCUT2D eigenvalue weighted by Crippen LogP contribution is -2.12. The molecule has 0 aliphatic rings. The number of amides is 1. The molecule has 31 heavy (non-hydrogen) atoms. The molecule has 1 N–H and O–H groups in total. The minimum Gasteiger partial charge on any atom is -0.465 e. The predicted octanol–water partition coefficient (Wildman–Crippen LogP) is 3.22. The Balaban J connectivity index is 1.44. The second kappa shape index (κ2) is 9.08. The fraction of sp³-hybridized carbons (Fsp3) is 0.130. The smallest absolute Gasteiger partial charge is 0.338 e. The van der Waals surface area contributed by atoms with Gasteiger partial charge in [-0.15, -0.1) is 0 Å². The van der Waals surface area contributed by atoms with Crippen molar-refractivity contribution in [3.63, 3.8) is 0 Å². The topological polar surface area (TPSA) is 91.0 Å². The number of methoxy groups -OCH3 is 1. The quantitative estimate of drug-likeness (QED) is 0.468. The Hall–Kier alpha value is -4.20. The van der Waals surface area contributed by atoms with E-state index in [1.54, 1.807) is 46.2 Å². The van der Waals surface area contributed by atoms with Crippen molar-refractivity contribution in [1.29, 1.82) is 0 Å². The van der Waals surface area contributed by atoms with Gasteiger partial charge >= 0.3 is 5.97 Å². The summed E-state index contributed by atoms with van der Waals surface area (Å²) in [6, 6.07) is 16.5. The van der Waals surface area contributed by atoms with Gasteiger partial charge in [0.1, 0.15) is 0 Å². The number of hydrogen-bond donors (Lipinski definition) is 1. The van der Waals surface area contributed by atoms with E-state index in [0.717, 1.165) is 11.1 Å². The predicted molar refractivity (Wildman–Crippen MR) is 115 cm³/mol. The molecule has 0 fully saturated rings. The Morgan fingerprint density at radius 1 is 1.00 bits per heavy atom. The van der Waals surface area contributed by atoms with Gasteiger partial charge < -0.3 is 10.1 Å². The molecule has 0 saturated carbocycles. The summed E-state index contributed by atoms with van der Waals surface area (Å²) in [6.45, 7) is 0.964. The van der Waals surface area contributed by atoms with Crippen molar-refractivity contribution in [2.24, 2.45) is 0 Å². The van der Waals surface area contributed by atoms with E-state index < -0.39 is 5.97 Å². The van der Waals surface area contributed by atoms with Gasteiger partial charge in [-0.2, -0.15) is 10.2 Å². The number of aromatic nitrogens is 4. The zero-order valence-corrected chi connectivity index (χ0v) is 16.9. The van der Waals surface area contributed by atoms with Crippen LogP contribution in [0, 0.1) is 0 Å². The second-order valence-electron chi connectivity index (χ2n) is 6.93. The van der Waals surface area contributed by atoms with Gasteiger partial charge in [0.05, 0.1) is 37.6 Å². The Morgan fingerprint density at radius 3 is 2.68 bits per heavy atom. The van der Waals surface area contributed by atoms with E-state index in [2.05, 4.69) is 15.5 Å². The van der Waals surface area contributed by atoms with Gasteiger partial charge in [-0.25, -0.2) is 4.79 Å². The van der Waals surface area contributed by atoms with Gasteiger partial charge in [-0.3, -0.25) is 14.2 Å². The van der Waals surface area contributed by atoms with E-state index in [4.69, 9.17) is 4.74 Å². The van der Waals surface area contributed by atoms with Crippen molar-refractivity contribution in [2.75, 3.05) is 12.4 Å². The molecular formula is C23H21N5O3. The van der Waals surface area contributed by atoms with E-state index in [1.165, 1.54) is 7.11 Å². The van der Waals surface area contributed by atoms with Crippen molar-refractivity contribution in [3.05, 3.63) is 102 Å². The molecule has 0 saturated heterocycles. The first-order chi connectivity index (χ1) is 15.1. The van der Waals surface area contributed by atoms with Crippen molar-refractivity contribution in [1.82, 2.24) is 19.6 Å². The molecule has 0 radical (unpaired) electrons. The molecule has 0 spiro atoms. The molecule has 2 aromatic carbocycles. The molecule has 0 unspecified atom stereocenters. The summed E-state index contributed by atoms with van der Waals surface area (Å²) in [6.07, 6.45) is 6.89. The number of nitrogens with one attached hydrogen (secondary N) is 1. The van der Waals surface area contributed by atoms with Crippen LogP contribution in [0.4, 0.5) is 5.69 Å². The number of carbonyl (C=O) groups is 2. The summed E-state index contributed by atoms with van der Waals surface area (Å²) < 4.78 is 8.29. The lowest BCUT2D eigenvalue weighted by molar-refractivity contribution is 0.0599. The molecule has 0 aliphatic carbocycles. The third-order valence-corrected chi connectivity index (χ3v) is 4.74. The number of anilines is 1. The van der Waals surface area contributed by atoms with Crippen LogP contribution in [0.3, 0.4) is 0 Å². The zero-order valence-electron chi connectivity index (χ0n) is 16.9. The first kappa shape index (κ1) is 20.1. The summed E-state index contributed by atoms with van der Waals surface area (Å²) >= 11 is 0.